The Morgan fingerprint density at radius 2 is 1.76 bits per heavy atom. The summed E-state index contributed by atoms with van der Waals surface area (Å²) in [5.41, 5.74) is -0.428. The lowest BCUT2D eigenvalue weighted by Crippen LogP contribution is -2.33. The van der Waals surface area contributed by atoms with Gasteiger partial charge in [0.1, 0.15) is 0 Å². The highest BCUT2D eigenvalue weighted by molar-refractivity contribution is 5.04. The first-order chi connectivity index (χ1) is 8.25. The Hall–Kier alpha value is -0.550. The van der Waals surface area contributed by atoms with Crippen molar-refractivity contribution in [2.45, 2.75) is 83.7 Å². The molecule has 0 aromatic rings. The Morgan fingerprint density at radius 3 is 2.29 bits per heavy atom. The minimum Gasteiger partial charge on any atom is -0.391 e. The average Bonchev–Trinajstić information content (AvgIpc) is 2.60. The molecule has 1 N–H and O–H groups in total. The van der Waals surface area contributed by atoms with Crippen molar-refractivity contribution >= 4 is 0 Å². The maximum atomic E-state index is 10.3. The summed E-state index contributed by atoms with van der Waals surface area (Å²) in [5, 5.41) is 19.8. The molecule has 1 aliphatic carbocycles. The van der Waals surface area contributed by atoms with Crippen molar-refractivity contribution in [3.05, 3.63) is 0 Å². The van der Waals surface area contributed by atoms with Gasteiger partial charge >= 0.3 is 0 Å². The number of unbranched alkanes of at least 4 members (excludes halogenated alkanes) is 3. The van der Waals surface area contributed by atoms with E-state index in [0.29, 0.717) is 0 Å². The summed E-state index contributed by atoms with van der Waals surface area (Å²) in [7, 11) is 0. The van der Waals surface area contributed by atoms with E-state index in [2.05, 4.69) is 13.0 Å². The van der Waals surface area contributed by atoms with Crippen LogP contribution in [0.15, 0.2) is 0 Å². The van der Waals surface area contributed by atoms with Crippen LogP contribution in [0.25, 0.3) is 0 Å². The summed E-state index contributed by atoms with van der Waals surface area (Å²) in [6.07, 6.45) is 11.6. The minimum absolute atomic E-state index is 0.401. The molecule has 0 saturated heterocycles. The second kappa shape index (κ2) is 7.71. The molecule has 2 nitrogen and oxygen atoms in total. The third-order valence-electron chi connectivity index (χ3n) is 4.19. The fourth-order valence-electron chi connectivity index (χ4n) is 2.92. The van der Waals surface area contributed by atoms with Crippen molar-refractivity contribution in [3.63, 3.8) is 0 Å². The Kier molecular flexibility index (Phi) is 6.58. The fraction of sp³-hybridized carbons (Fsp3) is 0.933. The zero-order chi connectivity index (χ0) is 12.6. The highest BCUT2D eigenvalue weighted by atomic mass is 16.3. The number of nitrogens with zero attached hydrogens (tertiary/aromatic N) is 1. The van der Waals surface area contributed by atoms with Crippen molar-refractivity contribution in [2.75, 3.05) is 0 Å². The molecule has 0 amide bonds. The maximum absolute atomic E-state index is 10.3. The molecule has 17 heavy (non-hydrogen) atoms. The molecule has 0 radical (unpaired) electrons. The van der Waals surface area contributed by atoms with Crippen LogP contribution in [0.5, 0.6) is 0 Å². The van der Waals surface area contributed by atoms with Crippen molar-refractivity contribution in [3.8, 4) is 6.07 Å². The van der Waals surface area contributed by atoms with Crippen LogP contribution in [0.2, 0.25) is 0 Å². The molecule has 1 rings (SSSR count). The lowest BCUT2D eigenvalue weighted by Gasteiger charge is -2.30. The lowest BCUT2D eigenvalue weighted by atomic mass is 9.75. The van der Waals surface area contributed by atoms with Gasteiger partial charge in [0.2, 0.25) is 0 Å². The van der Waals surface area contributed by atoms with Crippen LogP contribution in [0.1, 0.15) is 77.6 Å². The molecule has 1 saturated carbocycles. The van der Waals surface area contributed by atoms with E-state index >= 15 is 0 Å². The quantitative estimate of drug-likeness (QED) is 0.556. The van der Waals surface area contributed by atoms with E-state index in [0.717, 1.165) is 38.5 Å². The Morgan fingerprint density at radius 1 is 1.12 bits per heavy atom. The summed E-state index contributed by atoms with van der Waals surface area (Å²) in [6.45, 7) is 2.19. The first-order valence-corrected chi connectivity index (χ1v) is 7.34. The molecule has 0 aromatic carbocycles. The number of hydrogen-bond acceptors (Lipinski definition) is 2. The van der Waals surface area contributed by atoms with Gasteiger partial charge in [-0.15, -0.1) is 0 Å². The van der Waals surface area contributed by atoms with Gasteiger partial charge in [0.25, 0.3) is 0 Å². The van der Waals surface area contributed by atoms with Crippen LogP contribution in [0, 0.1) is 16.7 Å². The van der Waals surface area contributed by atoms with Gasteiger partial charge in [-0.05, 0) is 19.3 Å². The SMILES string of the molecule is CCCCCCC(O)C1(C#N)CCCCCC1. The van der Waals surface area contributed by atoms with E-state index in [1.54, 1.807) is 0 Å². The van der Waals surface area contributed by atoms with Crippen molar-refractivity contribution in [1.82, 2.24) is 0 Å². The second-order valence-electron chi connectivity index (χ2n) is 5.55. The van der Waals surface area contributed by atoms with Crippen LogP contribution in [-0.2, 0) is 0 Å². The Balaban J connectivity index is 2.44. The highest BCUT2D eigenvalue weighted by Crippen LogP contribution is 2.39. The van der Waals surface area contributed by atoms with Gasteiger partial charge in [-0.25, -0.2) is 0 Å². The Labute approximate surface area is 106 Å². The molecule has 0 aromatic heterocycles. The molecule has 1 fully saturated rings. The van der Waals surface area contributed by atoms with Gasteiger partial charge in [0.05, 0.1) is 17.6 Å². The van der Waals surface area contributed by atoms with Gasteiger partial charge in [-0.2, -0.15) is 5.26 Å². The first-order valence-electron chi connectivity index (χ1n) is 7.34. The molecule has 0 bridgehead atoms. The topological polar surface area (TPSA) is 44.0 Å². The Bertz CT molecular complexity index is 236. The standard InChI is InChI=1S/C15H27NO/c1-2-3-4-7-10-14(17)15(13-16)11-8-5-6-9-12-15/h14,17H,2-12H2,1H3. The molecule has 0 heterocycles. The maximum Gasteiger partial charge on any atom is 0.0832 e. The third kappa shape index (κ3) is 4.32. The van der Waals surface area contributed by atoms with Crippen LogP contribution in [-0.4, -0.2) is 11.2 Å². The zero-order valence-corrected chi connectivity index (χ0v) is 11.2. The van der Waals surface area contributed by atoms with Crippen molar-refractivity contribution in [1.29, 1.82) is 5.26 Å². The number of aliphatic hydroxyl groups excluding tert-OH is 1. The average molecular weight is 237 g/mol. The van der Waals surface area contributed by atoms with Crippen LogP contribution in [0.4, 0.5) is 0 Å². The molecule has 0 aliphatic heterocycles. The molecule has 1 atom stereocenters. The van der Waals surface area contributed by atoms with Gasteiger partial charge in [-0.1, -0.05) is 58.3 Å². The largest absolute Gasteiger partial charge is 0.391 e. The monoisotopic (exact) mass is 237 g/mol. The number of nitriles is 1. The van der Waals surface area contributed by atoms with E-state index in [-0.39, 0.29) is 0 Å². The summed E-state index contributed by atoms with van der Waals surface area (Å²) in [5.74, 6) is 0. The van der Waals surface area contributed by atoms with Gasteiger partial charge in [-0.3, -0.25) is 0 Å². The fourth-order valence-corrected chi connectivity index (χ4v) is 2.92. The summed E-state index contributed by atoms with van der Waals surface area (Å²) < 4.78 is 0. The van der Waals surface area contributed by atoms with E-state index < -0.39 is 11.5 Å². The molecular formula is C15H27NO. The van der Waals surface area contributed by atoms with Crippen LogP contribution >= 0.6 is 0 Å². The first kappa shape index (κ1) is 14.5. The normalized spacial score (nSPS) is 21.5. The van der Waals surface area contributed by atoms with E-state index in [1.807, 2.05) is 0 Å². The summed E-state index contributed by atoms with van der Waals surface area (Å²) in [4.78, 5) is 0. The van der Waals surface area contributed by atoms with Gasteiger partial charge < -0.3 is 5.11 Å². The molecule has 2 heteroatoms. The highest BCUT2D eigenvalue weighted by Gasteiger charge is 2.37. The second-order valence-corrected chi connectivity index (χ2v) is 5.55. The lowest BCUT2D eigenvalue weighted by molar-refractivity contribution is 0.0433. The molecular weight excluding hydrogens is 210 g/mol. The molecule has 1 aliphatic rings. The number of hydrogen-bond donors (Lipinski definition) is 1. The predicted molar refractivity (Wildman–Crippen MR) is 70.5 cm³/mol. The van der Waals surface area contributed by atoms with Crippen LogP contribution < -0.4 is 0 Å². The van der Waals surface area contributed by atoms with Crippen molar-refractivity contribution in [2.24, 2.45) is 5.41 Å². The van der Waals surface area contributed by atoms with Gasteiger partial charge in [0.15, 0.2) is 0 Å². The summed E-state index contributed by atoms with van der Waals surface area (Å²) >= 11 is 0. The predicted octanol–water partition coefficient (Wildman–Crippen LogP) is 4.18. The zero-order valence-electron chi connectivity index (χ0n) is 11.2. The van der Waals surface area contributed by atoms with Crippen LogP contribution in [0.3, 0.4) is 0 Å². The molecule has 98 valence electrons. The number of rotatable bonds is 6. The number of aliphatic hydroxyl groups is 1. The van der Waals surface area contributed by atoms with E-state index in [4.69, 9.17) is 0 Å². The smallest absolute Gasteiger partial charge is 0.0832 e. The van der Waals surface area contributed by atoms with Crippen molar-refractivity contribution < 1.29 is 5.11 Å². The van der Waals surface area contributed by atoms with E-state index in [1.165, 1.54) is 32.1 Å². The minimum atomic E-state index is -0.428. The molecule has 0 spiro atoms. The molecule has 1 unspecified atom stereocenters. The van der Waals surface area contributed by atoms with Gasteiger partial charge in [0, 0.05) is 0 Å². The van der Waals surface area contributed by atoms with E-state index in [9.17, 15) is 10.4 Å². The third-order valence-corrected chi connectivity index (χ3v) is 4.19. The summed E-state index contributed by atoms with van der Waals surface area (Å²) in [6, 6.07) is 2.45.